The number of nitrogens with one attached hydrogen (secondary N) is 1. The first-order chi connectivity index (χ1) is 9.88. The summed E-state index contributed by atoms with van der Waals surface area (Å²) in [6.45, 7) is 3.28. The average Bonchev–Trinajstić information content (AvgIpc) is 2.52. The third-order valence-corrected chi connectivity index (χ3v) is 4.28. The summed E-state index contributed by atoms with van der Waals surface area (Å²) in [5, 5.41) is 3.65. The maximum Gasteiger partial charge on any atom is 0.0270 e. The van der Waals surface area contributed by atoms with Crippen molar-refractivity contribution in [3.8, 4) is 0 Å². The zero-order chi connectivity index (χ0) is 14.0. The van der Waals surface area contributed by atoms with Crippen LogP contribution < -0.4 is 5.32 Å². The van der Waals surface area contributed by atoms with Crippen molar-refractivity contribution in [2.75, 3.05) is 12.3 Å². The molecule has 20 heavy (non-hydrogen) atoms. The van der Waals surface area contributed by atoms with E-state index in [9.17, 15) is 0 Å². The number of hydrogen-bond donors (Lipinski definition) is 1. The lowest BCUT2D eigenvalue weighted by molar-refractivity contribution is 0.550. The Morgan fingerprint density at radius 3 is 2.55 bits per heavy atom. The summed E-state index contributed by atoms with van der Waals surface area (Å²) in [6.07, 6.45) is 5.97. The molecule has 2 rings (SSSR count). The van der Waals surface area contributed by atoms with E-state index in [1.165, 1.54) is 16.9 Å². The van der Waals surface area contributed by atoms with Crippen LogP contribution in [-0.2, 0) is 6.42 Å². The van der Waals surface area contributed by atoms with Crippen LogP contribution >= 0.6 is 11.8 Å². The highest BCUT2D eigenvalue weighted by Crippen LogP contribution is 2.19. The van der Waals surface area contributed by atoms with Crippen LogP contribution in [0.3, 0.4) is 0 Å². The summed E-state index contributed by atoms with van der Waals surface area (Å²) in [4.78, 5) is 5.42. The molecule has 0 bridgehead atoms. The van der Waals surface area contributed by atoms with E-state index in [2.05, 4.69) is 59.7 Å². The van der Waals surface area contributed by atoms with Gasteiger partial charge >= 0.3 is 0 Å². The summed E-state index contributed by atoms with van der Waals surface area (Å²) in [6, 6.07) is 15.3. The van der Waals surface area contributed by atoms with Gasteiger partial charge in [0.05, 0.1) is 0 Å². The van der Waals surface area contributed by atoms with Crippen LogP contribution in [0.5, 0.6) is 0 Å². The second-order valence-electron chi connectivity index (χ2n) is 4.83. The molecule has 0 radical (unpaired) electrons. The molecule has 3 heteroatoms. The number of nitrogens with zero attached hydrogens (tertiary/aromatic N) is 1. The number of rotatable bonds is 8. The zero-order valence-electron chi connectivity index (χ0n) is 12.0. The fourth-order valence-corrected chi connectivity index (χ4v) is 3.03. The molecule has 0 spiro atoms. The average molecular weight is 286 g/mol. The predicted octanol–water partition coefficient (Wildman–Crippen LogP) is 3.78. The van der Waals surface area contributed by atoms with Gasteiger partial charge in [-0.15, -0.1) is 11.8 Å². The molecule has 0 aliphatic rings. The van der Waals surface area contributed by atoms with Gasteiger partial charge in [0.15, 0.2) is 0 Å². The Morgan fingerprint density at radius 1 is 1.10 bits per heavy atom. The van der Waals surface area contributed by atoms with Crippen molar-refractivity contribution in [2.45, 2.75) is 30.7 Å². The standard InChI is InChI=1S/C17H22N2S/c1-2-10-19-16(13-15-8-11-18-12-9-15)14-20-17-6-4-3-5-7-17/h3-9,11-12,16,19H,2,10,13-14H2,1H3. The first-order valence-electron chi connectivity index (χ1n) is 7.18. The Hall–Kier alpha value is -1.32. The van der Waals surface area contributed by atoms with Crippen molar-refractivity contribution in [1.82, 2.24) is 10.3 Å². The van der Waals surface area contributed by atoms with E-state index in [1.54, 1.807) is 0 Å². The molecule has 0 fully saturated rings. The summed E-state index contributed by atoms with van der Waals surface area (Å²) in [7, 11) is 0. The lowest BCUT2D eigenvalue weighted by Gasteiger charge is -2.18. The van der Waals surface area contributed by atoms with Crippen LogP contribution in [0, 0.1) is 0 Å². The van der Waals surface area contributed by atoms with Gasteiger partial charge in [-0.25, -0.2) is 0 Å². The van der Waals surface area contributed by atoms with Crippen LogP contribution in [0.4, 0.5) is 0 Å². The number of pyridine rings is 1. The van der Waals surface area contributed by atoms with Gasteiger partial charge in [-0.1, -0.05) is 25.1 Å². The monoisotopic (exact) mass is 286 g/mol. The topological polar surface area (TPSA) is 24.9 Å². The van der Waals surface area contributed by atoms with Crippen molar-refractivity contribution in [1.29, 1.82) is 0 Å². The van der Waals surface area contributed by atoms with E-state index in [-0.39, 0.29) is 0 Å². The molecule has 0 saturated carbocycles. The van der Waals surface area contributed by atoms with Gasteiger partial charge in [0.1, 0.15) is 0 Å². The van der Waals surface area contributed by atoms with Gasteiger partial charge in [-0.3, -0.25) is 4.98 Å². The quantitative estimate of drug-likeness (QED) is 0.747. The molecule has 1 aromatic heterocycles. The molecule has 1 atom stereocenters. The van der Waals surface area contributed by atoms with E-state index in [0.717, 1.165) is 18.7 Å². The Bertz CT molecular complexity index is 473. The molecular weight excluding hydrogens is 264 g/mol. The maximum atomic E-state index is 4.08. The largest absolute Gasteiger partial charge is 0.313 e. The fraction of sp³-hybridized carbons (Fsp3) is 0.353. The number of thioether (sulfide) groups is 1. The molecule has 2 aromatic rings. The predicted molar refractivity (Wildman–Crippen MR) is 87.2 cm³/mol. The van der Waals surface area contributed by atoms with Gasteiger partial charge < -0.3 is 5.32 Å². The van der Waals surface area contributed by atoms with Crippen molar-refractivity contribution >= 4 is 11.8 Å². The molecule has 1 N–H and O–H groups in total. The first kappa shape index (κ1) is 15.1. The summed E-state index contributed by atoms with van der Waals surface area (Å²) >= 11 is 1.92. The maximum absolute atomic E-state index is 4.08. The first-order valence-corrected chi connectivity index (χ1v) is 8.17. The van der Waals surface area contributed by atoms with Gasteiger partial charge in [-0.2, -0.15) is 0 Å². The van der Waals surface area contributed by atoms with E-state index in [1.807, 2.05) is 24.2 Å². The van der Waals surface area contributed by atoms with Crippen molar-refractivity contribution in [2.24, 2.45) is 0 Å². The van der Waals surface area contributed by atoms with Crippen LogP contribution in [-0.4, -0.2) is 23.3 Å². The molecule has 106 valence electrons. The summed E-state index contributed by atoms with van der Waals surface area (Å²) in [5.74, 6) is 1.09. The summed E-state index contributed by atoms with van der Waals surface area (Å²) in [5.41, 5.74) is 1.35. The minimum atomic E-state index is 0.502. The number of benzene rings is 1. The molecule has 1 heterocycles. The van der Waals surface area contributed by atoms with E-state index in [0.29, 0.717) is 6.04 Å². The smallest absolute Gasteiger partial charge is 0.0270 e. The Balaban J connectivity index is 1.89. The molecule has 0 amide bonds. The number of aromatic nitrogens is 1. The normalized spacial score (nSPS) is 12.2. The molecule has 1 unspecified atom stereocenters. The van der Waals surface area contributed by atoms with Gasteiger partial charge in [0.25, 0.3) is 0 Å². The van der Waals surface area contributed by atoms with Crippen LogP contribution in [0.15, 0.2) is 59.8 Å². The minimum Gasteiger partial charge on any atom is -0.313 e. The fourth-order valence-electron chi connectivity index (χ4n) is 2.06. The van der Waals surface area contributed by atoms with E-state index >= 15 is 0 Å². The molecule has 1 aromatic carbocycles. The molecule has 0 aliphatic carbocycles. The molecule has 0 saturated heterocycles. The highest BCUT2D eigenvalue weighted by atomic mass is 32.2. The van der Waals surface area contributed by atoms with Crippen LogP contribution in [0.1, 0.15) is 18.9 Å². The molecule has 2 nitrogen and oxygen atoms in total. The van der Waals surface area contributed by atoms with Crippen molar-refractivity contribution < 1.29 is 0 Å². The Kier molecular flexibility index (Phi) is 6.61. The van der Waals surface area contributed by atoms with Crippen molar-refractivity contribution in [3.05, 3.63) is 60.4 Å². The third kappa shape index (κ3) is 5.35. The molecule has 0 aliphatic heterocycles. The highest BCUT2D eigenvalue weighted by Gasteiger charge is 2.09. The van der Waals surface area contributed by atoms with E-state index in [4.69, 9.17) is 0 Å². The SMILES string of the molecule is CCCNC(CSc1ccccc1)Cc1ccncc1. The number of hydrogen-bond acceptors (Lipinski definition) is 3. The van der Waals surface area contributed by atoms with E-state index < -0.39 is 0 Å². The molecular formula is C17H22N2S. The third-order valence-electron chi connectivity index (χ3n) is 3.11. The lowest BCUT2D eigenvalue weighted by atomic mass is 10.1. The zero-order valence-corrected chi connectivity index (χ0v) is 12.8. The lowest BCUT2D eigenvalue weighted by Crippen LogP contribution is -2.34. The van der Waals surface area contributed by atoms with Gasteiger partial charge in [0.2, 0.25) is 0 Å². The van der Waals surface area contributed by atoms with Crippen molar-refractivity contribution in [3.63, 3.8) is 0 Å². The van der Waals surface area contributed by atoms with Gasteiger partial charge in [0, 0.05) is 29.1 Å². The minimum absolute atomic E-state index is 0.502. The summed E-state index contributed by atoms with van der Waals surface area (Å²) < 4.78 is 0. The Morgan fingerprint density at radius 2 is 1.85 bits per heavy atom. The highest BCUT2D eigenvalue weighted by molar-refractivity contribution is 7.99. The second kappa shape index (κ2) is 8.77. The van der Waals surface area contributed by atoms with Crippen LogP contribution in [0.2, 0.25) is 0 Å². The second-order valence-corrected chi connectivity index (χ2v) is 5.93. The Labute approximate surface area is 126 Å². The van der Waals surface area contributed by atoms with Crippen LogP contribution in [0.25, 0.3) is 0 Å². The van der Waals surface area contributed by atoms with Gasteiger partial charge in [-0.05, 0) is 49.2 Å².